The molecule has 2 aromatic heterocycles. The highest BCUT2D eigenvalue weighted by molar-refractivity contribution is 7.18. The Balaban J connectivity index is 2.20. The van der Waals surface area contributed by atoms with Gasteiger partial charge in [0.2, 0.25) is 0 Å². The Labute approximate surface area is 113 Å². The number of anilines is 1. The number of carboxylic acids is 1. The van der Waals surface area contributed by atoms with E-state index in [1.165, 1.54) is 0 Å². The first kappa shape index (κ1) is 13.2. The summed E-state index contributed by atoms with van der Waals surface area (Å²) in [5.74, 6) is -1.26. The van der Waals surface area contributed by atoms with Crippen molar-refractivity contribution in [2.75, 3.05) is 5.32 Å². The van der Waals surface area contributed by atoms with E-state index in [1.807, 2.05) is 0 Å². The van der Waals surface area contributed by atoms with Crippen LogP contribution in [0.2, 0.25) is 0 Å². The molecule has 6 heteroatoms. The number of nitrogens with zero attached hydrogens (tertiary/aromatic N) is 1. The van der Waals surface area contributed by atoms with Crippen molar-refractivity contribution < 1.29 is 14.7 Å². The van der Waals surface area contributed by atoms with Gasteiger partial charge in [0.05, 0.1) is 5.00 Å². The van der Waals surface area contributed by atoms with E-state index in [0.29, 0.717) is 16.1 Å². The second-order valence-electron chi connectivity index (χ2n) is 4.07. The molecule has 2 rings (SSSR count). The number of nitrogens with one attached hydrogen (secondary N) is 1. The van der Waals surface area contributed by atoms with Crippen LogP contribution in [0.15, 0.2) is 24.4 Å². The summed E-state index contributed by atoms with van der Waals surface area (Å²) < 4.78 is 0. The largest absolute Gasteiger partial charge is 0.477 e. The molecule has 2 heterocycles. The molecule has 0 bridgehead atoms. The summed E-state index contributed by atoms with van der Waals surface area (Å²) in [4.78, 5) is 27.2. The van der Waals surface area contributed by atoms with Gasteiger partial charge >= 0.3 is 5.97 Å². The molecule has 0 aliphatic carbocycles. The van der Waals surface area contributed by atoms with Crippen molar-refractivity contribution in [3.8, 4) is 0 Å². The molecule has 0 atom stereocenters. The third-order valence-corrected chi connectivity index (χ3v) is 3.65. The summed E-state index contributed by atoms with van der Waals surface area (Å²) >= 11 is 1.05. The fraction of sp³-hybridized carbons (Fsp3) is 0.154. The molecular formula is C13H12N2O3S. The molecule has 0 aliphatic heterocycles. The predicted octanol–water partition coefficient (Wildman–Crippen LogP) is 2.71. The molecule has 0 aromatic carbocycles. The van der Waals surface area contributed by atoms with E-state index < -0.39 is 5.97 Å². The number of hydrogen-bond donors (Lipinski definition) is 2. The zero-order valence-electron chi connectivity index (χ0n) is 10.4. The number of carbonyl (C=O) groups excluding carboxylic acids is 1. The molecular weight excluding hydrogens is 264 g/mol. The minimum atomic E-state index is -0.984. The standard InChI is InChI=1S/C13H12N2O3S/c1-7-5-10(19-11(7)13(17)18)15-12(16)9-3-4-14-8(2)6-9/h3-6H,1-2H3,(H,15,16)(H,17,18). The third-order valence-electron chi connectivity index (χ3n) is 2.51. The molecule has 0 spiro atoms. The minimum absolute atomic E-state index is 0.237. The lowest BCUT2D eigenvalue weighted by molar-refractivity contribution is 0.0701. The van der Waals surface area contributed by atoms with Gasteiger partial charge in [-0.2, -0.15) is 0 Å². The van der Waals surface area contributed by atoms with Gasteiger partial charge in [-0.1, -0.05) is 0 Å². The van der Waals surface area contributed by atoms with Crippen molar-refractivity contribution in [1.82, 2.24) is 4.98 Å². The number of aromatic nitrogens is 1. The maximum atomic E-state index is 12.0. The summed E-state index contributed by atoms with van der Waals surface area (Å²) in [5, 5.41) is 12.2. The number of pyridine rings is 1. The lowest BCUT2D eigenvalue weighted by Gasteiger charge is -2.02. The second kappa shape index (κ2) is 5.19. The minimum Gasteiger partial charge on any atom is -0.477 e. The van der Waals surface area contributed by atoms with Crippen LogP contribution in [0, 0.1) is 13.8 Å². The number of thiophene rings is 1. The van der Waals surface area contributed by atoms with Crippen LogP contribution < -0.4 is 5.32 Å². The van der Waals surface area contributed by atoms with Crippen molar-refractivity contribution in [3.05, 3.63) is 46.1 Å². The average molecular weight is 276 g/mol. The fourth-order valence-corrected chi connectivity index (χ4v) is 2.53. The number of rotatable bonds is 3. The fourth-order valence-electron chi connectivity index (χ4n) is 1.63. The quantitative estimate of drug-likeness (QED) is 0.903. The van der Waals surface area contributed by atoms with Gasteiger partial charge < -0.3 is 10.4 Å². The molecule has 0 saturated heterocycles. The van der Waals surface area contributed by atoms with E-state index in [1.54, 1.807) is 38.2 Å². The van der Waals surface area contributed by atoms with Crippen LogP contribution in [0.1, 0.15) is 31.3 Å². The highest BCUT2D eigenvalue weighted by Gasteiger charge is 2.14. The highest BCUT2D eigenvalue weighted by Crippen LogP contribution is 2.26. The molecule has 98 valence electrons. The first-order chi connectivity index (χ1) is 8.97. The van der Waals surface area contributed by atoms with Gasteiger partial charge in [-0.15, -0.1) is 11.3 Å². The summed E-state index contributed by atoms with van der Waals surface area (Å²) in [6, 6.07) is 4.94. The van der Waals surface area contributed by atoms with Gasteiger partial charge in [0.15, 0.2) is 0 Å². The van der Waals surface area contributed by atoms with Crippen LogP contribution in [-0.4, -0.2) is 22.0 Å². The van der Waals surface area contributed by atoms with Gasteiger partial charge in [-0.3, -0.25) is 9.78 Å². The Morgan fingerprint density at radius 3 is 2.63 bits per heavy atom. The van der Waals surface area contributed by atoms with E-state index in [2.05, 4.69) is 10.3 Å². The Hall–Kier alpha value is -2.21. The second-order valence-corrected chi connectivity index (χ2v) is 5.12. The van der Waals surface area contributed by atoms with E-state index in [0.717, 1.165) is 17.0 Å². The van der Waals surface area contributed by atoms with E-state index >= 15 is 0 Å². The summed E-state index contributed by atoms with van der Waals surface area (Å²) in [5.41, 5.74) is 1.88. The van der Waals surface area contributed by atoms with E-state index in [4.69, 9.17) is 5.11 Å². The summed E-state index contributed by atoms with van der Waals surface area (Å²) in [6.45, 7) is 3.50. The van der Waals surface area contributed by atoms with Crippen LogP contribution in [0.5, 0.6) is 0 Å². The number of amides is 1. The van der Waals surface area contributed by atoms with Crippen LogP contribution in [0.3, 0.4) is 0 Å². The predicted molar refractivity (Wildman–Crippen MR) is 72.9 cm³/mol. The Kier molecular flexibility index (Phi) is 3.62. The zero-order chi connectivity index (χ0) is 14.0. The molecule has 1 amide bonds. The number of aryl methyl sites for hydroxylation is 2. The van der Waals surface area contributed by atoms with E-state index in [9.17, 15) is 9.59 Å². The molecule has 0 aliphatic rings. The Morgan fingerprint density at radius 2 is 2.05 bits per heavy atom. The topological polar surface area (TPSA) is 79.3 Å². The van der Waals surface area contributed by atoms with E-state index in [-0.39, 0.29) is 10.8 Å². The lowest BCUT2D eigenvalue weighted by atomic mass is 10.2. The van der Waals surface area contributed by atoms with Gasteiger partial charge in [0, 0.05) is 17.5 Å². The molecule has 19 heavy (non-hydrogen) atoms. The Morgan fingerprint density at radius 1 is 1.32 bits per heavy atom. The van der Waals surface area contributed by atoms with Crippen LogP contribution in [0.4, 0.5) is 5.00 Å². The molecule has 0 fully saturated rings. The first-order valence-electron chi connectivity index (χ1n) is 5.55. The van der Waals surface area contributed by atoms with Crippen molar-refractivity contribution in [3.63, 3.8) is 0 Å². The summed E-state index contributed by atoms with van der Waals surface area (Å²) in [6.07, 6.45) is 1.56. The van der Waals surface area contributed by atoms with Gasteiger partial charge in [0.25, 0.3) is 5.91 Å². The van der Waals surface area contributed by atoms with Crippen molar-refractivity contribution >= 4 is 28.2 Å². The van der Waals surface area contributed by atoms with Crippen LogP contribution in [0.25, 0.3) is 0 Å². The molecule has 2 N–H and O–H groups in total. The van der Waals surface area contributed by atoms with Crippen molar-refractivity contribution in [1.29, 1.82) is 0 Å². The molecule has 0 unspecified atom stereocenters. The van der Waals surface area contributed by atoms with Gasteiger partial charge in [-0.05, 0) is 37.6 Å². The molecule has 5 nitrogen and oxygen atoms in total. The number of hydrogen-bond acceptors (Lipinski definition) is 4. The van der Waals surface area contributed by atoms with Gasteiger partial charge in [-0.25, -0.2) is 4.79 Å². The SMILES string of the molecule is Cc1cc(C(=O)Nc2cc(C)c(C(=O)O)s2)ccn1. The smallest absolute Gasteiger partial charge is 0.346 e. The van der Waals surface area contributed by atoms with Crippen LogP contribution in [-0.2, 0) is 0 Å². The zero-order valence-corrected chi connectivity index (χ0v) is 11.2. The Bertz CT molecular complexity index is 649. The van der Waals surface area contributed by atoms with Crippen molar-refractivity contribution in [2.45, 2.75) is 13.8 Å². The molecule has 2 aromatic rings. The normalized spacial score (nSPS) is 10.2. The molecule has 0 radical (unpaired) electrons. The number of aromatic carboxylic acids is 1. The highest BCUT2D eigenvalue weighted by atomic mass is 32.1. The van der Waals surface area contributed by atoms with Crippen molar-refractivity contribution in [2.24, 2.45) is 0 Å². The third kappa shape index (κ3) is 2.97. The number of carbonyl (C=O) groups is 2. The maximum absolute atomic E-state index is 12.0. The maximum Gasteiger partial charge on any atom is 0.346 e. The summed E-state index contributed by atoms with van der Waals surface area (Å²) in [7, 11) is 0. The van der Waals surface area contributed by atoms with Crippen LogP contribution >= 0.6 is 11.3 Å². The number of carboxylic acid groups (broad SMARTS) is 1. The average Bonchev–Trinajstić information content (AvgIpc) is 2.70. The lowest BCUT2D eigenvalue weighted by Crippen LogP contribution is -2.11. The van der Waals surface area contributed by atoms with Gasteiger partial charge in [0.1, 0.15) is 4.88 Å². The first-order valence-corrected chi connectivity index (χ1v) is 6.37. The monoisotopic (exact) mass is 276 g/mol. The molecule has 0 saturated carbocycles.